The second kappa shape index (κ2) is 18.3. The highest BCUT2D eigenvalue weighted by Gasteiger charge is 1.65. The van der Waals surface area contributed by atoms with Crippen molar-refractivity contribution in [3.63, 3.8) is 0 Å². The van der Waals surface area contributed by atoms with Gasteiger partial charge in [-0.1, -0.05) is 0 Å². The Morgan fingerprint density at radius 3 is 1.57 bits per heavy atom. The van der Waals surface area contributed by atoms with Crippen LogP contribution in [0.3, 0.4) is 0 Å². The summed E-state index contributed by atoms with van der Waals surface area (Å²) in [4.78, 5) is 9.00. The monoisotopic (exact) mass is 110 g/mol. The summed E-state index contributed by atoms with van der Waals surface area (Å²) in [6.45, 7) is 1.08. The molecule has 0 aliphatic rings. The van der Waals surface area contributed by atoms with Crippen LogP contribution in [0.25, 0.3) is 0 Å². The molecule has 0 aromatic carbocycles. The Bertz CT molecular complexity index is 33.9. The number of aliphatic carboxylic acids is 1. The fraction of sp³-hybridized carbons (Fsp3) is 0.500. The van der Waals surface area contributed by atoms with Crippen LogP contribution in [0.5, 0.6) is 0 Å². The number of nitrogens with two attached hydrogens (primary N) is 1. The molecule has 0 unspecified atom stereocenters. The van der Waals surface area contributed by atoms with Crippen molar-refractivity contribution in [3.05, 3.63) is 0 Å². The maximum absolute atomic E-state index is 9.00. The van der Waals surface area contributed by atoms with Gasteiger partial charge in [0.1, 0.15) is 0 Å². The predicted octanol–water partition coefficient (Wildman–Crippen LogP) is -0.413. The van der Waals surface area contributed by atoms with Crippen molar-refractivity contribution in [1.29, 1.82) is 0 Å². The number of carboxylic acid groups (broad SMARTS) is 1. The lowest BCUT2D eigenvalue weighted by molar-refractivity contribution is -0.134. The van der Waals surface area contributed by atoms with E-state index in [9.17, 15) is 0 Å². The molecule has 0 saturated heterocycles. The van der Waals surface area contributed by atoms with Crippen LogP contribution in [-0.4, -0.2) is 16.3 Å². The van der Waals surface area contributed by atoms with Gasteiger partial charge in [-0.3, -0.25) is 4.79 Å². The van der Waals surface area contributed by atoms with Crippen LogP contribution in [0.1, 0.15) is 6.92 Å². The fourth-order valence-corrected chi connectivity index (χ4v) is 0. The summed E-state index contributed by atoms with van der Waals surface area (Å²) in [6, 6.07) is 0. The third-order valence-corrected chi connectivity index (χ3v) is 0. The van der Waals surface area contributed by atoms with E-state index in [-0.39, 0.29) is 6.15 Å². The Morgan fingerprint density at radius 1 is 1.57 bits per heavy atom. The smallest absolute Gasteiger partial charge is 0.300 e. The maximum Gasteiger partial charge on any atom is 0.300 e. The van der Waals surface area contributed by atoms with Crippen molar-refractivity contribution < 1.29 is 15.1 Å². The topological polar surface area (TPSA) is 119 Å². The van der Waals surface area contributed by atoms with Crippen molar-refractivity contribution in [2.45, 2.75) is 6.92 Å². The van der Waals surface area contributed by atoms with Crippen LogP contribution < -0.4 is 12.0 Å². The minimum absolute atomic E-state index is 0. The molecule has 0 aromatic rings. The van der Waals surface area contributed by atoms with Crippen LogP contribution in [0.15, 0.2) is 0 Å². The van der Waals surface area contributed by atoms with Crippen LogP contribution in [0, 0.1) is 0 Å². The number of carbonyl (C=O) groups is 1. The van der Waals surface area contributed by atoms with Crippen LogP contribution >= 0.6 is 0 Å². The molecule has 0 aliphatic carbocycles. The minimum Gasteiger partial charge on any atom is -0.481 e. The molecule has 0 saturated carbocycles. The summed E-state index contributed by atoms with van der Waals surface area (Å²) in [5.74, 6) is 2.67. The number of hydrogen-bond acceptors (Lipinski definition) is 4. The first kappa shape index (κ1) is 16.2. The standard InChI is InChI=1S/C2H4O2.H3NO.H3N/c1-2(3)4;1-2;/h1H3,(H,3,4);2H,1H2;1H3. The normalized spacial score (nSPS) is 4.43. The molecule has 0 aromatic heterocycles. The van der Waals surface area contributed by atoms with Gasteiger partial charge in [0.05, 0.1) is 0 Å². The summed E-state index contributed by atoms with van der Waals surface area (Å²) < 4.78 is 0. The SMILES string of the molecule is CC(=O)O.N.NO. The molecule has 0 fully saturated rings. The van der Waals surface area contributed by atoms with Crippen molar-refractivity contribution in [2.24, 2.45) is 5.90 Å². The third kappa shape index (κ3) is 142. The van der Waals surface area contributed by atoms with E-state index in [4.69, 9.17) is 15.1 Å². The van der Waals surface area contributed by atoms with Gasteiger partial charge in [0, 0.05) is 6.92 Å². The zero-order valence-corrected chi connectivity index (χ0v) is 4.09. The molecule has 0 radical (unpaired) electrons. The van der Waals surface area contributed by atoms with Crippen LogP contribution in [-0.2, 0) is 4.79 Å². The van der Waals surface area contributed by atoms with Gasteiger partial charge < -0.3 is 16.5 Å². The van der Waals surface area contributed by atoms with Gasteiger partial charge >= 0.3 is 0 Å². The Hall–Kier alpha value is -0.650. The molecule has 0 spiro atoms. The zero-order chi connectivity index (χ0) is 5.58. The van der Waals surface area contributed by atoms with Crippen molar-refractivity contribution >= 4 is 5.97 Å². The first-order chi connectivity index (χ1) is 2.73. The molecule has 7 N–H and O–H groups in total. The highest BCUT2D eigenvalue weighted by molar-refractivity contribution is 5.62. The summed E-state index contributed by atoms with van der Waals surface area (Å²) in [5, 5.41) is 13.9. The fourth-order valence-electron chi connectivity index (χ4n) is 0. The molecule has 46 valence electrons. The van der Waals surface area contributed by atoms with E-state index >= 15 is 0 Å². The second-order valence-corrected chi connectivity index (χ2v) is 0.519. The Morgan fingerprint density at radius 2 is 1.57 bits per heavy atom. The molecule has 0 rings (SSSR count). The summed E-state index contributed by atoms with van der Waals surface area (Å²) in [7, 11) is 0. The van der Waals surface area contributed by atoms with E-state index in [1.807, 2.05) is 0 Å². The molecule has 5 nitrogen and oxygen atoms in total. The molecule has 0 heterocycles. The molecular formula is C2H10N2O3. The molecule has 0 bridgehead atoms. The highest BCUT2D eigenvalue weighted by atomic mass is 16.4. The van der Waals surface area contributed by atoms with Crippen molar-refractivity contribution in [2.75, 3.05) is 0 Å². The number of rotatable bonds is 0. The van der Waals surface area contributed by atoms with Crippen molar-refractivity contribution in [3.8, 4) is 0 Å². The maximum atomic E-state index is 9.00. The van der Waals surface area contributed by atoms with E-state index < -0.39 is 5.97 Å². The lowest BCUT2D eigenvalue weighted by Crippen LogP contribution is -1.78. The summed E-state index contributed by atoms with van der Waals surface area (Å²) in [5.41, 5.74) is 0. The molecule has 0 amide bonds. The van der Waals surface area contributed by atoms with Gasteiger partial charge in [-0.2, -0.15) is 0 Å². The van der Waals surface area contributed by atoms with E-state index in [2.05, 4.69) is 5.90 Å². The molecule has 7 heavy (non-hydrogen) atoms. The summed E-state index contributed by atoms with van der Waals surface area (Å²) >= 11 is 0. The lowest BCUT2D eigenvalue weighted by atomic mass is 10.9. The van der Waals surface area contributed by atoms with Gasteiger partial charge in [0.15, 0.2) is 0 Å². The molecular weight excluding hydrogens is 100 g/mol. The van der Waals surface area contributed by atoms with Gasteiger partial charge in [-0.15, -0.1) is 0 Å². The lowest BCUT2D eigenvalue weighted by Gasteiger charge is -1.59. The average molecular weight is 110 g/mol. The first-order valence-electron chi connectivity index (χ1n) is 1.19. The molecule has 0 aliphatic heterocycles. The summed E-state index contributed by atoms with van der Waals surface area (Å²) in [6.07, 6.45) is 0. The zero-order valence-electron chi connectivity index (χ0n) is 4.09. The van der Waals surface area contributed by atoms with E-state index in [0.29, 0.717) is 0 Å². The minimum atomic E-state index is -0.833. The van der Waals surface area contributed by atoms with Gasteiger partial charge in [-0.25, -0.2) is 5.90 Å². The molecule has 0 atom stereocenters. The Labute approximate surface area is 41.3 Å². The number of hydrogen-bond donors (Lipinski definition) is 4. The Balaban J connectivity index is -0.0000000480. The van der Waals surface area contributed by atoms with Crippen LogP contribution in [0.4, 0.5) is 0 Å². The van der Waals surface area contributed by atoms with E-state index in [1.165, 1.54) is 0 Å². The van der Waals surface area contributed by atoms with Gasteiger partial charge in [0.2, 0.25) is 0 Å². The third-order valence-electron chi connectivity index (χ3n) is 0. The van der Waals surface area contributed by atoms with E-state index in [0.717, 1.165) is 6.92 Å². The quantitative estimate of drug-likeness (QED) is 0.316. The second-order valence-electron chi connectivity index (χ2n) is 0.519. The Kier molecular flexibility index (Phi) is 42.4. The average Bonchev–Trinajstić information content (AvgIpc) is 1.41. The first-order valence-corrected chi connectivity index (χ1v) is 1.19. The number of carboxylic acids is 1. The van der Waals surface area contributed by atoms with Crippen LogP contribution in [0.2, 0.25) is 0 Å². The largest absolute Gasteiger partial charge is 0.481 e. The van der Waals surface area contributed by atoms with Crippen molar-refractivity contribution in [1.82, 2.24) is 6.15 Å². The van der Waals surface area contributed by atoms with Gasteiger partial charge in [0.25, 0.3) is 5.97 Å². The predicted molar refractivity (Wildman–Crippen MR) is 24.3 cm³/mol. The van der Waals surface area contributed by atoms with E-state index in [1.54, 1.807) is 0 Å². The van der Waals surface area contributed by atoms with Gasteiger partial charge in [-0.05, 0) is 0 Å². The molecule has 5 heteroatoms. The highest BCUT2D eigenvalue weighted by Crippen LogP contribution is 1.42.